The third-order valence-electron chi connectivity index (χ3n) is 2.23. The molecule has 78 valence electrons. The molecule has 0 unspecified atom stereocenters. The second-order valence-corrected chi connectivity index (χ2v) is 3.37. The van der Waals surface area contributed by atoms with Crippen LogP contribution in [0.5, 0.6) is 5.88 Å². The molecule has 0 saturated carbocycles. The predicted octanol–water partition coefficient (Wildman–Crippen LogP) is 1.88. The number of pyridine rings is 1. The predicted molar refractivity (Wildman–Crippen MR) is 54.0 cm³/mol. The number of hydrogen-bond donors (Lipinski definition) is 1. The van der Waals surface area contributed by atoms with Crippen LogP contribution in [0.1, 0.15) is 23.2 Å². The number of carbonyl (C=O) groups is 1. The van der Waals surface area contributed by atoms with E-state index in [1.54, 1.807) is 0 Å². The lowest BCUT2D eigenvalue weighted by atomic mass is 10.2. The lowest BCUT2D eigenvalue weighted by molar-refractivity contribution is 0.0695. The van der Waals surface area contributed by atoms with Crippen LogP contribution < -0.4 is 4.74 Å². The SMILES string of the molecule is O=C(O)c1ccnc(OC2CC=CC2)c1. The summed E-state index contributed by atoms with van der Waals surface area (Å²) >= 11 is 0. The fourth-order valence-electron chi connectivity index (χ4n) is 1.47. The van der Waals surface area contributed by atoms with Gasteiger partial charge in [0.25, 0.3) is 0 Å². The van der Waals surface area contributed by atoms with Gasteiger partial charge in [0.15, 0.2) is 0 Å². The van der Waals surface area contributed by atoms with E-state index in [0.717, 1.165) is 12.8 Å². The molecule has 0 aliphatic heterocycles. The Morgan fingerprint density at radius 3 is 2.87 bits per heavy atom. The molecule has 0 aromatic carbocycles. The van der Waals surface area contributed by atoms with E-state index in [1.807, 2.05) is 12.2 Å². The summed E-state index contributed by atoms with van der Waals surface area (Å²) in [7, 11) is 0. The van der Waals surface area contributed by atoms with Crippen LogP contribution in [0.4, 0.5) is 0 Å². The third-order valence-corrected chi connectivity index (χ3v) is 2.23. The van der Waals surface area contributed by atoms with Crippen molar-refractivity contribution in [3.63, 3.8) is 0 Å². The van der Waals surface area contributed by atoms with Crippen LogP contribution in [0.3, 0.4) is 0 Å². The summed E-state index contributed by atoms with van der Waals surface area (Å²) in [5.41, 5.74) is 0.200. The number of nitrogens with zero attached hydrogens (tertiary/aromatic N) is 1. The van der Waals surface area contributed by atoms with Gasteiger partial charge in [0, 0.05) is 25.1 Å². The minimum atomic E-state index is -0.966. The highest BCUT2D eigenvalue weighted by Gasteiger charge is 2.13. The average molecular weight is 205 g/mol. The molecule has 1 aromatic rings. The van der Waals surface area contributed by atoms with Gasteiger partial charge in [0.05, 0.1) is 5.56 Å². The number of carboxylic acid groups (broad SMARTS) is 1. The summed E-state index contributed by atoms with van der Waals surface area (Å²) < 4.78 is 5.53. The molecule has 0 fully saturated rings. The van der Waals surface area contributed by atoms with Crippen molar-refractivity contribution >= 4 is 5.97 Å². The standard InChI is InChI=1S/C11H11NO3/c13-11(14)8-5-6-12-10(7-8)15-9-3-1-2-4-9/h1-2,5-7,9H,3-4H2,(H,13,14). The number of rotatable bonds is 3. The second kappa shape index (κ2) is 4.13. The highest BCUT2D eigenvalue weighted by Crippen LogP contribution is 2.18. The number of aromatic carboxylic acids is 1. The molecule has 1 heterocycles. The van der Waals surface area contributed by atoms with Crippen LogP contribution in [-0.2, 0) is 0 Å². The largest absolute Gasteiger partial charge is 0.478 e. The first-order chi connectivity index (χ1) is 7.25. The van der Waals surface area contributed by atoms with Crippen molar-refractivity contribution in [2.45, 2.75) is 18.9 Å². The van der Waals surface area contributed by atoms with Crippen LogP contribution in [-0.4, -0.2) is 22.2 Å². The van der Waals surface area contributed by atoms with Gasteiger partial charge in [-0.25, -0.2) is 9.78 Å². The van der Waals surface area contributed by atoms with E-state index in [2.05, 4.69) is 4.98 Å². The van der Waals surface area contributed by atoms with Gasteiger partial charge in [-0.1, -0.05) is 12.2 Å². The first-order valence-electron chi connectivity index (χ1n) is 4.77. The molecule has 0 amide bonds. The van der Waals surface area contributed by atoms with E-state index in [1.165, 1.54) is 18.3 Å². The van der Waals surface area contributed by atoms with Crippen LogP contribution in [0.2, 0.25) is 0 Å². The third kappa shape index (κ3) is 2.34. The molecule has 0 spiro atoms. The van der Waals surface area contributed by atoms with Crippen molar-refractivity contribution in [2.75, 3.05) is 0 Å². The Labute approximate surface area is 87.2 Å². The van der Waals surface area contributed by atoms with Gasteiger partial charge in [0.2, 0.25) is 5.88 Å². The smallest absolute Gasteiger partial charge is 0.335 e. The quantitative estimate of drug-likeness (QED) is 0.765. The summed E-state index contributed by atoms with van der Waals surface area (Å²) in [5.74, 6) is -0.588. The Hall–Kier alpha value is -1.84. The topological polar surface area (TPSA) is 59.4 Å². The lowest BCUT2D eigenvalue weighted by Gasteiger charge is -2.11. The van der Waals surface area contributed by atoms with Gasteiger partial charge in [-0.05, 0) is 6.07 Å². The molecular weight excluding hydrogens is 194 g/mol. The molecule has 1 aliphatic carbocycles. The molecule has 4 nitrogen and oxygen atoms in total. The molecule has 4 heteroatoms. The summed E-state index contributed by atoms with van der Waals surface area (Å²) in [6.07, 6.45) is 7.36. The van der Waals surface area contributed by atoms with Crippen LogP contribution in [0, 0.1) is 0 Å². The summed E-state index contributed by atoms with van der Waals surface area (Å²) in [4.78, 5) is 14.7. The Bertz CT molecular complexity index is 393. The molecule has 1 aliphatic rings. The Balaban J connectivity index is 2.07. The Morgan fingerprint density at radius 1 is 1.47 bits per heavy atom. The zero-order chi connectivity index (χ0) is 10.7. The number of carboxylic acids is 1. The summed E-state index contributed by atoms with van der Waals surface area (Å²) in [5, 5.41) is 8.77. The maximum atomic E-state index is 10.7. The van der Waals surface area contributed by atoms with E-state index >= 15 is 0 Å². The van der Waals surface area contributed by atoms with Crippen LogP contribution >= 0.6 is 0 Å². The van der Waals surface area contributed by atoms with Gasteiger partial charge in [-0.3, -0.25) is 0 Å². The first kappa shape index (κ1) is 9.71. The Kier molecular flexibility index (Phi) is 2.67. The Morgan fingerprint density at radius 2 is 2.20 bits per heavy atom. The molecule has 1 aromatic heterocycles. The van der Waals surface area contributed by atoms with Crippen molar-refractivity contribution in [3.8, 4) is 5.88 Å². The molecule has 15 heavy (non-hydrogen) atoms. The van der Waals surface area contributed by atoms with Gasteiger partial charge < -0.3 is 9.84 Å². The minimum Gasteiger partial charge on any atom is -0.478 e. The van der Waals surface area contributed by atoms with E-state index in [9.17, 15) is 4.79 Å². The van der Waals surface area contributed by atoms with Crippen LogP contribution in [0.25, 0.3) is 0 Å². The monoisotopic (exact) mass is 205 g/mol. The van der Waals surface area contributed by atoms with Crippen LogP contribution in [0.15, 0.2) is 30.5 Å². The highest BCUT2D eigenvalue weighted by molar-refractivity contribution is 5.87. The van der Waals surface area contributed by atoms with Crippen molar-refractivity contribution in [3.05, 3.63) is 36.0 Å². The van der Waals surface area contributed by atoms with Gasteiger partial charge in [-0.2, -0.15) is 0 Å². The zero-order valence-corrected chi connectivity index (χ0v) is 8.09. The lowest BCUT2D eigenvalue weighted by Crippen LogP contribution is -2.12. The summed E-state index contributed by atoms with van der Waals surface area (Å²) in [6.45, 7) is 0. The molecule has 0 saturated heterocycles. The highest BCUT2D eigenvalue weighted by atomic mass is 16.5. The van der Waals surface area contributed by atoms with E-state index in [4.69, 9.17) is 9.84 Å². The molecular formula is C11H11NO3. The first-order valence-corrected chi connectivity index (χ1v) is 4.77. The fourth-order valence-corrected chi connectivity index (χ4v) is 1.47. The van der Waals surface area contributed by atoms with Gasteiger partial charge >= 0.3 is 5.97 Å². The molecule has 1 N–H and O–H groups in total. The normalized spacial score (nSPS) is 15.5. The molecule has 0 radical (unpaired) electrons. The molecule has 0 bridgehead atoms. The van der Waals surface area contributed by atoms with Gasteiger partial charge in [-0.15, -0.1) is 0 Å². The number of hydrogen-bond acceptors (Lipinski definition) is 3. The van der Waals surface area contributed by atoms with E-state index in [-0.39, 0.29) is 11.7 Å². The van der Waals surface area contributed by atoms with Crippen molar-refractivity contribution in [1.82, 2.24) is 4.98 Å². The minimum absolute atomic E-state index is 0.0987. The van der Waals surface area contributed by atoms with Gasteiger partial charge in [0.1, 0.15) is 6.10 Å². The van der Waals surface area contributed by atoms with E-state index < -0.39 is 5.97 Å². The average Bonchev–Trinajstić information content (AvgIpc) is 2.71. The van der Waals surface area contributed by atoms with Crippen molar-refractivity contribution in [2.24, 2.45) is 0 Å². The maximum absolute atomic E-state index is 10.7. The van der Waals surface area contributed by atoms with Crippen molar-refractivity contribution < 1.29 is 14.6 Å². The number of ether oxygens (including phenoxy) is 1. The van der Waals surface area contributed by atoms with Crippen molar-refractivity contribution in [1.29, 1.82) is 0 Å². The molecule has 2 rings (SSSR count). The summed E-state index contributed by atoms with van der Waals surface area (Å²) in [6, 6.07) is 2.89. The second-order valence-electron chi connectivity index (χ2n) is 3.37. The maximum Gasteiger partial charge on any atom is 0.335 e. The number of aromatic nitrogens is 1. The molecule has 0 atom stereocenters. The zero-order valence-electron chi connectivity index (χ0n) is 8.09. The van der Waals surface area contributed by atoms with E-state index in [0.29, 0.717) is 5.88 Å². The fraction of sp³-hybridized carbons (Fsp3) is 0.273.